The normalized spacial score (nSPS) is 11.5. The number of amides is 1. The van der Waals surface area contributed by atoms with Gasteiger partial charge in [-0.05, 0) is 19.8 Å². The van der Waals surface area contributed by atoms with Crippen molar-refractivity contribution in [3.8, 4) is 0 Å². The van der Waals surface area contributed by atoms with E-state index in [0.717, 1.165) is 0 Å². The molecule has 0 saturated carbocycles. The van der Waals surface area contributed by atoms with E-state index in [1.807, 2.05) is 0 Å². The lowest BCUT2D eigenvalue weighted by Gasteiger charge is -2.15. The molecule has 0 rings (SSSR count). The molecule has 0 heterocycles. The molecule has 0 aromatic heterocycles. The van der Waals surface area contributed by atoms with Gasteiger partial charge in [0.2, 0.25) is 5.91 Å². The van der Waals surface area contributed by atoms with Crippen molar-refractivity contribution in [3.05, 3.63) is 0 Å². The van der Waals surface area contributed by atoms with E-state index < -0.39 is 12.0 Å². The molecule has 0 unspecified atom stereocenters. The number of methoxy groups -OCH3 is 1. The Kier molecular flexibility index (Phi) is 7.75. The van der Waals surface area contributed by atoms with Gasteiger partial charge in [0.25, 0.3) is 0 Å². The summed E-state index contributed by atoms with van der Waals surface area (Å²) in [6, 6.07) is -0.697. The van der Waals surface area contributed by atoms with Crippen LogP contribution < -0.4 is 5.32 Å². The van der Waals surface area contributed by atoms with Gasteiger partial charge in [-0.1, -0.05) is 0 Å². The lowest BCUT2D eigenvalue weighted by Crippen LogP contribution is -2.40. The summed E-state index contributed by atoms with van der Waals surface area (Å²) in [5.74, 6) is -1.12. The summed E-state index contributed by atoms with van der Waals surface area (Å²) in [4.78, 5) is 33.3. The van der Waals surface area contributed by atoms with Gasteiger partial charge in [0, 0.05) is 13.3 Å². The summed E-state index contributed by atoms with van der Waals surface area (Å²) >= 11 is 0. The molecule has 0 aromatic rings. The van der Waals surface area contributed by atoms with Gasteiger partial charge in [-0.15, -0.1) is 0 Å². The minimum atomic E-state index is -0.697. The third-order valence-corrected chi connectivity index (χ3v) is 2.05. The topological polar surface area (TPSA) is 81.7 Å². The number of esters is 2. The van der Waals surface area contributed by atoms with Gasteiger partial charge in [0.1, 0.15) is 6.04 Å². The molecule has 0 spiro atoms. The summed E-state index contributed by atoms with van der Waals surface area (Å²) in [7, 11) is 1.30. The average Bonchev–Trinajstić information content (AvgIpc) is 2.27. The summed E-state index contributed by atoms with van der Waals surface area (Å²) in [5, 5.41) is 2.49. The maximum Gasteiger partial charge on any atom is 0.328 e. The predicted molar refractivity (Wildman–Crippen MR) is 60.1 cm³/mol. The highest BCUT2D eigenvalue weighted by Crippen LogP contribution is 2.04. The van der Waals surface area contributed by atoms with E-state index in [2.05, 4.69) is 10.1 Å². The van der Waals surface area contributed by atoms with Gasteiger partial charge in [-0.2, -0.15) is 0 Å². The second kappa shape index (κ2) is 8.55. The Balaban J connectivity index is 4.14. The zero-order valence-corrected chi connectivity index (χ0v) is 10.4. The van der Waals surface area contributed by atoms with Crippen LogP contribution in [0.1, 0.15) is 33.1 Å². The van der Waals surface area contributed by atoms with Crippen LogP contribution in [0, 0.1) is 0 Å². The van der Waals surface area contributed by atoms with E-state index in [9.17, 15) is 14.4 Å². The van der Waals surface area contributed by atoms with Crippen LogP contribution in [0.25, 0.3) is 0 Å². The number of nitrogens with one attached hydrogen (secondary N) is 1. The molecule has 0 aliphatic heterocycles. The quantitative estimate of drug-likeness (QED) is 0.656. The van der Waals surface area contributed by atoms with E-state index in [1.54, 1.807) is 6.92 Å². The van der Waals surface area contributed by atoms with E-state index in [0.29, 0.717) is 12.8 Å². The van der Waals surface area contributed by atoms with E-state index in [-0.39, 0.29) is 24.9 Å². The van der Waals surface area contributed by atoms with Crippen molar-refractivity contribution in [1.82, 2.24) is 5.32 Å². The maximum absolute atomic E-state index is 11.5. The van der Waals surface area contributed by atoms with Crippen molar-refractivity contribution in [2.45, 2.75) is 39.2 Å². The van der Waals surface area contributed by atoms with Crippen LogP contribution in [-0.4, -0.2) is 37.6 Å². The summed E-state index contributed by atoms with van der Waals surface area (Å²) in [6.07, 6.45) is 1.02. The second-order valence-electron chi connectivity index (χ2n) is 3.47. The summed E-state index contributed by atoms with van der Waals surface area (Å²) in [6.45, 7) is 3.27. The Morgan fingerprint density at radius 1 is 1.29 bits per heavy atom. The fraction of sp³-hybridized carbons (Fsp3) is 0.727. The molecule has 1 N–H and O–H groups in total. The molecular formula is C11H19NO5. The van der Waals surface area contributed by atoms with Crippen LogP contribution in [0.15, 0.2) is 0 Å². The SMILES string of the molecule is CCOC(=O)[C@@H](CCCC(=O)OC)NC(C)=O. The number of ether oxygens (including phenoxy) is 2. The fourth-order valence-electron chi connectivity index (χ4n) is 1.29. The minimum absolute atomic E-state index is 0.214. The zero-order chi connectivity index (χ0) is 13.3. The van der Waals surface area contributed by atoms with Crippen LogP contribution in [0.5, 0.6) is 0 Å². The third kappa shape index (κ3) is 7.32. The minimum Gasteiger partial charge on any atom is -0.469 e. The molecule has 0 saturated heterocycles. The summed E-state index contributed by atoms with van der Waals surface area (Å²) in [5.41, 5.74) is 0. The highest BCUT2D eigenvalue weighted by molar-refractivity contribution is 5.83. The van der Waals surface area contributed by atoms with Crippen molar-refractivity contribution >= 4 is 17.8 Å². The number of carbonyl (C=O) groups is 3. The molecule has 6 heteroatoms. The standard InChI is InChI=1S/C11H19NO5/c1-4-17-11(15)9(12-8(2)13)6-5-7-10(14)16-3/h9H,4-7H2,1-3H3,(H,12,13)/t9-/m1/s1. The Morgan fingerprint density at radius 2 is 1.94 bits per heavy atom. The Labute approximate surface area is 101 Å². The smallest absolute Gasteiger partial charge is 0.328 e. The van der Waals surface area contributed by atoms with Crippen LogP contribution in [0.3, 0.4) is 0 Å². The van der Waals surface area contributed by atoms with Gasteiger partial charge < -0.3 is 14.8 Å². The molecule has 1 amide bonds. The van der Waals surface area contributed by atoms with Gasteiger partial charge in [-0.25, -0.2) is 4.79 Å². The van der Waals surface area contributed by atoms with Crippen LogP contribution >= 0.6 is 0 Å². The third-order valence-electron chi connectivity index (χ3n) is 2.05. The lowest BCUT2D eigenvalue weighted by molar-refractivity contribution is -0.148. The highest BCUT2D eigenvalue weighted by Gasteiger charge is 2.20. The summed E-state index contributed by atoms with van der Waals surface area (Å²) < 4.78 is 9.30. The maximum atomic E-state index is 11.5. The molecule has 0 radical (unpaired) electrons. The molecule has 0 aromatic carbocycles. The van der Waals surface area contributed by atoms with Gasteiger partial charge in [0.05, 0.1) is 13.7 Å². The van der Waals surface area contributed by atoms with Crippen molar-refractivity contribution in [3.63, 3.8) is 0 Å². The average molecular weight is 245 g/mol. The van der Waals surface area contributed by atoms with Gasteiger partial charge >= 0.3 is 11.9 Å². The zero-order valence-electron chi connectivity index (χ0n) is 10.4. The van der Waals surface area contributed by atoms with E-state index in [1.165, 1.54) is 14.0 Å². The van der Waals surface area contributed by atoms with Gasteiger partial charge in [-0.3, -0.25) is 9.59 Å². The van der Waals surface area contributed by atoms with Crippen LogP contribution in [0.4, 0.5) is 0 Å². The van der Waals surface area contributed by atoms with Crippen LogP contribution in [0.2, 0.25) is 0 Å². The monoisotopic (exact) mass is 245 g/mol. The molecule has 0 aliphatic rings. The molecule has 0 fully saturated rings. The molecule has 6 nitrogen and oxygen atoms in total. The number of rotatable bonds is 7. The first-order chi connectivity index (χ1) is 8.01. The molecule has 98 valence electrons. The Hall–Kier alpha value is -1.59. The molecule has 0 aliphatic carbocycles. The fourth-order valence-corrected chi connectivity index (χ4v) is 1.29. The van der Waals surface area contributed by atoms with E-state index in [4.69, 9.17) is 4.74 Å². The van der Waals surface area contributed by atoms with Crippen molar-refractivity contribution in [2.24, 2.45) is 0 Å². The first-order valence-electron chi connectivity index (χ1n) is 5.51. The highest BCUT2D eigenvalue weighted by atomic mass is 16.5. The van der Waals surface area contributed by atoms with Crippen LogP contribution in [-0.2, 0) is 23.9 Å². The van der Waals surface area contributed by atoms with Crippen molar-refractivity contribution in [2.75, 3.05) is 13.7 Å². The van der Waals surface area contributed by atoms with E-state index >= 15 is 0 Å². The Morgan fingerprint density at radius 3 is 2.41 bits per heavy atom. The molecule has 17 heavy (non-hydrogen) atoms. The predicted octanol–water partition coefficient (Wildman–Crippen LogP) is 0.398. The molecular weight excluding hydrogens is 226 g/mol. The number of carbonyl (C=O) groups excluding carboxylic acids is 3. The van der Waals surface area contributed by atoms with Crippen molar-refractivity contribution < 1.29 is 23.9 Å². The van der Waals surface area contributed by atoms with Gasteiger partial charge in [0.15, 0.2) is 0 Å². The second-order valence-corrected chi connectivity index (χ2v) is 3.47. The van der Waals surface area contributed by atoms with Crippen molar-refractivity contribution in [1.29, 1.82) is 0 Å². The first-order valence-corrected chi connectivity index (χ1v) is 5.51. The number of hydrogen-bond donors (Lipinski definition) is 1. The molecule has 1 atom stereocenters. The number of hydrogen-bond acceptors (Lipinski definition) is 5. The lowest BCUT2D eigenvalue weighted by atomic mass is 10.1. The molecule has 0 bridgehead atoms. The Bertz CT molecular complexity index is 277. The largest absolute Gasteiger partial charge is 0.469 e. The first kappa shape index (κ1) is 15.4.